The maximum Gasteiger partial charge on any atom is 0.133 e. The largest absolute Gasteiger partial charge is 0.457 e. The van der Waals surface area contributed by atoms with E-state index in [1.807, 2.05) is 37.3 Å². The molecule has 0 N–H and O–H groups in total. The minimum atomic E-state index is -0.257. The summed E-state index contributed by atoms with van der Waals surface area (Å²) in [5, 5.41) is 0. The Morgan fingerprint density at radius 3 is 2.60 bits per heavy atom. The molecule has 0 saturated carbocycles. The van der Waals surface area contributed by atoms with Crippen molar-refractivity contribution in [2.24, 2.45) is 0 Å². The topological polar surface area (TPSA) is 18.5 Å². The Kier molecular flexibility index (Phi) is 3.52. The third-order valence-electron chi connectivity index (χ3n) is 3.22. The molecule has 0 fully saturated rings. The van der Waals surface area contributed by atoms with E-state index in [-0.39, 0.29) is 11.9 Å². The molecule has 0 aromatic heterocycles. The first-order chi connectivity index (χ1) is 9.78. The second kappa shape index (κ2) is 5.47. The molecule has 1 heterocycles. The zero-order valence-electron chi connectivity index (χ0n) is 11.2. The van der Waals surface area contributed by atoms with Crippen molar-refractivity contribution < 1.29 is 13.9 Å². The van der Waals surface area contributed by atoms with Crippen LogP contribution in [0.2, 0.25) is 0 Å². The van der Waals surface area contributed by atoms with Gasteiger partial charge in [0.05, 0.1) is 0 Å². The molecule has 1 aliphatic heterocycles. The Bertz CT molecular complexity index is 632. The molecule has 0 unspecified atom stereocenters. The Morgan fingerprint density at radius 1 is 1.10 bits per heavy atom. The summed E-state index contributed by atoms with van der Waals surface area (Å²) in [6.07, 6.45) is 1.80. The van der Waals surface area contributed by atoms with Crippen molar-refractivity contribution in [3.8, 4) is 5.75 Å². The number of halogens is 1. The quantitative estimate of drug-likeness (QED) is 0.826. The summed E-state index contributed by atoms with van der Waals surface area (Å²) in [5.41, 5.74) is 1.85. The van der Waals surface area contributed by atoms with Crippen molar-refractivity contribution in [2.75, 3.05) is 6.61 Å². The Balaban J connectivity index is 1.99. The van der Waals surface area contributed by atoms with Crippen LogP contribution in [0.1, 0.15) is 24.2 Å². The van der Waals surface area contributed by atoms with Crippen molar-refractivity contribution in [3.63, 3.8) is 0 Å². The minimum Gasteiger partial charge on any atom is -0.457 e. The van der Waals surface area contributed by atoms with Gasteiger partial charge in [-0.1, -0.05) is 18.2 Å². The Morgan fingerprint density at radius 2 is 1.85 bits per heavy atom. The molecule has 20 heavy (non-hydrogen) atoms. The highest BCUT2D eigenvalue weighted by Gasteiger charge is 2.22. The summed E-state index contributed by atoms with van der Waals surface area (Å²) >= 11 is 0. The number of hydrogen-bond donors (Lipinski definition) is 0. The summed E-state index contributed by atoms with van der Waals surface area (Å²) in [5.74, 6) is 1.22. The lowest BCUT2D eigenvalue weighted by Gasteiger charge is -2.24. The van der Waals surface area contributed by atoms with Crippen LogP contribution in [0.3, 0.4) is 0 Å². The zero-order chi connectivity index (χ0) is 13.9. The first-order valence-corrected chi connectivity index (χ1v) is 6.64. The molecule has 1 aliphatic rings. The standard InChI is InChI=1S/C17H15FO2/c1-2-19-17-11-16(12-7-9-13(18)10-8-12)20-15-6-4-3-5-14(15)17/h3-11,17H,2H2,1H3/t17-/m0/s1. The molecule has 0 spiro atoms. The molecule has 0 saturated heterocycles. The van der Waals surface area contributed by atoms with Gasteiger partial charge in [-0.05, 0) is 43.3 Å². The van der Waals surface area contributed by atoms with Gasteiger partial charge in [0.2, 0.25) is 0 Å². The molecule has 1 atom stereocenters. The summed E-state index contributed by atoms with van der Waals surface area (Å²) < 4.78 is 24.7. The molecular weight excluding hydrogens is 255 g/mol. The van der Waals surface area contributed by atoms with Gasteiger partial charge in [0.25, 0.3) is 0 Å². The molecule has 3 heteroatoms. The van der Waals surface area contributed by atoms with Crippen LogP contribution in [-0.4, -0.2) is 6.61 Å². The van der Waals surface area contributed by atoms with Gasteiger partial charge in [0.15, 0.2) is 0 Å². The summed E-state index contributed by atoms with van der Waals surface area (Å²) in [6, 6.07) is 14.1. The van der Waals surface area contributed by atoms with Gasteiger partial charge in [-0.15, -0.1) is 0 Å². The van der Waals surface area contributed by atoms with Gasteiger partial charge < -0.3 is 9.47 Å². The zero-order valence-corrected chi connectivity index (χ0v) is 11.2. The summed E-state index contributed by atoms with van der Waals surface area (Å²) in [4.78, 5) is 0. The highest BCUT2D eigenvalue weighted by atomic mass is 19.1. The van der Waals surface area contributed by atoms with Gasteiger partial charge >= 0.3 is 0 Å². The first-order valence-electron chi connectivity index (χ1n) is 6.64. The molecule has 3 rings (SSSR count). The van der Waals surface area contributed by atoms with Crippen molar-refractivity contribution in [3.05, 3.63) is 71.6 Å². The molecule has 2 aromatic carbocycles. The number of fused-ring (bicyclic) bond motifs is 1. The highest BCUT2D eigenvalue weighted by molar-refractivity contribution is 5.66. The number of rotatable bonds is 3. The normalized spacial score (nSPS) is 17.1. The lowest BCUT2D eigenvalue weighted by Crippen LogP contribution is -2.11. The van der Waals surface area contributed by atoms with E-state index >= 15 is 0 Å². The second-order valence-electron chi connectivity index (χ2n) is 4.55. The first kappa shape index (κ1) is 12.9. The Hall–Kier alpha value is -2.13. The number of para-hydroxylation sites is 1. The van der Waals surface area contributed by atoms with Crippen LogP contribution >= 0.6 is 0 Å². The summed E-state index contributed by atoms with van der Waals surface area (Å²) in [6.45, 7) is 2.58. The maximum atomic E-state index is 13.0. The van der Waals surface area contributed by atoms with E-state index in [2.05, 4.69) is 0 Å². The molecule has 2 aromatic rings. The van der Waals surface area contributed by atoms with Crippen molar-refractivity contribution >= 4 is 5.76 Å². The average Bonchev–Trinajstić information content (AvgIpc) is 2.48. The fraction of sp³-hybridized carbons (Fsp3) is 0.176. The van der Waals surface area contributed by atoms with Gasteiger partial charge in [-0.2, -0.15) is 0 Å². The molecule has 0 bridgehead atoms. The van der Waals surface area contributed by atoms with E-state index < -0.39 is 0 Å². The third kappa shape index (κ3) is 2.45. The van der Waals surface area contributed by atoms with Crippen molar-refractivity contribution in [1.29, 1.82) is 0 Å². The van der Waals surface area contributed by atoms with E-state index in [4.69, 9.17) is 9.47 Å². The van der Waals surface area contributed by atoms with Crippen LogP contribution in [-0.2, 0) is 4.74 Å². The monoisotopic (exact) mass is 270 g/mol. The van der Waals surface area contributed by atoms with Crippen molar-refractivity contribution in [1.82, 2.24) is 0 Å². The lowest BCUT2D eigenvalue weighted by atomic mass is 10.0. The smallest absolute Gasteiger partial charge is 0.133 e. The van der Waals surface area contributed by atoms with Crippen molar-refractivity contribution in [2.45, 2.75) is 13.0 Å². The molecule has 0 aliphatic carbocycles. The van der Waals surface area contributed by atoms with E-state index in [9.17, 15) is 4.39 Å². The van der Waals surface area contributed by atoms with Crippen LogP contribution in [0.4, 0.5) is 4.39 Å². The predicted molar refractivity (Wildman–Crippen MR) is 75.8 cm³/mol. The molecular formula is C17H15FO2. The minimum absolute atomic E-state index is 0.134. The van der Waals surface area contributed by atoms with Gasteiger partial charge in [0, 0.05) is 17.7 Å². The van der Waals surface area contributed by atoms with Gasteiger partial charge in [-0.25, -0.2) is 4.39 Å². The SMILES string of the molecule is CCO[C@H]1C=C(c2ccc(F)cc2)Oc2ccccc21. The predicted octanol–water partition coefficient (Wildman–Crippen LogP) is 4.34. The van der Waals surface area contributed by atoms with Crippen LogP contribution in [0.25, 0.3) is 5.76 Å². The third-order valence-corrected chi connectivity index (χ3v) is 3.22. The average molecular weight is 270 g/mol. The number of benzene rings is 2. The maximum absolute atomic E-state index is 13.0. The van der Waals surface area contributed by atoms with E-state index in [0.717, 1.165) is 16.9 Å². The fourth-order valence-corrected chi connectivity index (χ4v) is 2.28. The Labute approximate surface area is 117 Å². The summed E-state index contributed by atoms with van der Waals surface area (Å²) in [7, 11) is 0. The highest BCUT2D eigenvalue weighted by Crippen LogP contribution is 2.37. The number of hydrogen-bond acceptors (Lipinski definition) is 2. The van der Waals surface area contributed by atoms with Crippen LogP contribution in [0.15, 0.2) is 54.6 Å². The second-order valence-corrected chi connectivity index (χ2v) is 4.55. The van der Waals surface area contributed by atoms with Crippen LogP contribution < -0.4 is 4.74 Å². The lowest BCUT2D eigenvalue weighted by molar-refractivity contribution is 0.0918. The van der Waals surface area contributed by atoms with E-state index in [1.165, 1.54) is 12.1 Å². The molecule has 102 valence electrons. The number of ether oxygens (including phenoxy) is 2. The van der Waals surface area contributed by atoms with E-state index in [1.54, 1.807) is 12.1 Å². The molecule has 0 radical (unpaired) electrons. The molecule has 2 nitrogen and oxygen atoms in total. The van der Waals surface area contributed by atoms with E-state index in [0.29, 0.717) is 12.4 Å². The van der Waals surface area contributed by atoms with Crippen LogP contribution in [0, 0.1) is 5.82 Å². The van der Waals surface area contributed by atoms with Gasteiger partial charge in [0.1, 0.15) is 23.4 Å². The van der Waals surface area contributed by atoms with Crippen LogP contribution in [0.5, 0.6) is 5.75 Å². The van der Waals surface area contributed by atoms with Gasteiger partial charge in [-0.3, -0.25) is 0 Å². The fourth-order valence-electron chi connectivity index (χ4n) is 2.28. The molecule has 0 amide bonds.